The maximum atomic E-state index is 11.5. The molecular weight excluding hydrogens is 214 g/mol. The molecule has 0 radical (unpaired) electrons. The second-order valence-electron chi connectivity index (χ2n) is 3.96. The Labute approximate surface area is 88.7 Å². The molecule has 2 unspecified atom stereocenters. The van der Waals surface area contributed by atoms with Crippen LogP contribution in [0.25, 0.3) is 0 Å². The van der Waals surface area contributed by atoms with Gasteiger partial charge in [-0.1, -0.05) is 24.3 Å². The van der Waals surface area contributed by atoms with Gasteiger partial charge >= 0.3 is 10.3 Å². The first-order valence-electron chi connectivity index (χ1n) is 4.83. The average Bonchev–Trinajstić information content (AvgIpc) is 2.62. The number of hydrogen-bond donors (Lipinski definition) is 0. The summed E-state index contributed by atoms with van der Waals surface area (Å²) in [6.07, 6.45) is 0.446. The Kier molecular flexibility index (Phi) is 1.75. The van der Waals surface area contributed by atoms with Gasteiger partial charge in [-0.25, -0.2) is 0 Å². The minimum Gasteiger partial charge on any atom is -0.252 e. The quantitative estimate of drug-likeness (QED) is 0.658. The molecule has 1 heterocycles. The van der Waals surface area contributed by atoms with Gasteiger partial charge in [-0.2, -0.15) is 12.7 Å². The van der Waals surface area contributed by atoms with E-state index in [1.807, 2.05) is 24.3 Å². The van der Waals surface area contributed by atoms with Gasteiger partial charge in [-0.15, -0.1) is 0 Å². The van der Waals surface area contributed by atoms with Crippen molar-refractivity contribution < 1.29 is 12.6 Å². The Morgan fingerprint density at radius 3 is 2.93 bits per heavy atom. The van der Waals surface area contributed by atoms with Crippen LogP contribution in [0.5, 0.6) is 0 Å². The molecule has 80 valence electrons. The SMILES string of the molecule is CN1C2c3ccccc3CC2OS1(=O)=O. The third-order valence-electron chi connectivity index (χ3n) is 3.14. The number of rotatable bonds is 0. The normalized spacial score (nSPS) is 32.6. The topological polar surface area (TPSA) is 46.6 Å². The molecule has 1 aromatic rings. The van der Waals surface area contributed by atoms with Crippen molar-refractivity contribution in [2.45, 2.75) is 18.6 Å². The second kappa shape index (κ2) is 2.81. The summed E-state index contributed by atoms with van der Waals surface area (Å²) in [6, 6.07) is 7.76. The molecule has 0 bridgehead atoms. The van der Waals surface area contributed by atoms with Crippen LogP contribution in [0.15, 0.2) is 24.3 Å². The standard InChI is InChI=1S/C10H11NO3S/c1-11-10-8-5-3-2-4-7(8)6-9(10)14-15(11,12)13/h2-5,9-10H,6H2,1H3. The van der Waals surface area contributed by atoms with Crippen LogP contribution in [0.4, 0.5) is 0 Å². The summed E-state index contributed by atoms with van der Waals surface area (Å²) in [6.45, 7) is 0. The Bertz CT molecular complexity index is 511. The van der Waals surface area contributed by atoms with Crippen LogP contribution in [-0.4, -0.2) is 25.9 Å². The number of nitrogens with zero attached hydrogens (tertiary/aromatic N) is 1. The van der Waals surface area contributed by atoms with E-state index in [0.29, 0.717) is 6.42 Å². The summed E-state index contributed by atoms with van der Waals surface area (Å²) in [7, 11) is -1.92. The maximum Gasteiger partial charge on any atom is 0.339 e. The minimum atomic E-state index is -3.49. The zero-order valence-electron chi connectivity index (χ0n) is 8.25. The molecule has 4 nitrogen and oxygen atoms in total. The van der Waals surface area contributed by atoms with E-state index in [1.54, 1.807) is 7.05 Å². The van der Waals surface area contributed by atoms with Crippen LogP contribution in [-0.2, 0) is 20.9 Å². The summed E-state index contributed by atoms with van der Waals surface area (Å²) in [4.78, 5) is 0. The predicted molar refractivity (Wildman–Crippen MR) is 54.4 cm³/mol. The molecule has 0 aromatic heterocycles. The Balaban J connectivity index is 2.13. The van der Waals surface area contributed by atoms with Crippen LogP contribution in [0, 0.1) is 0 Å². The van der Waals surface area contributed by atoms with Crippen molar-refractivity contribution in [3.05, 3.63) is 35.4 Å². The molecule has 1 aliphatic carbocycles. The highest BCUT2D eigenvalue weighted by Crippen LogP contribution is 2.43. The lowest BCUT2D eigenvalue weighted by molar-refractivity contribution is 0.217. The Morgan fingerprint density at radius 1 is 1.40 bits per heavy atom. The van der Waals surface area contributed by atoms with E-state index in [0.717, 1.165) is 5.56 Å². The molecule has 0 N–H and O–H groups in total. The van der Waals surface area contributed by atoms with E-state index in [9.17, 15) is 8.42 Å². The first-order chi connectivity index (χ1) is 7.09. The number of fused-ring (bicyclic) bond motifs is 3. The van der Waals surface area contributed by atoms with Crippen molar-refractivity contribution in [2.24, 2.45) is 0 Å². The molecule has 15 heavy (non-hydrogen) atoms. The minimum absolute atomic E-state index is 0.133. The summed E-state index contributed by atoms with van der Waals surface area (Å²) >= 11 is 0. The summed E-state index contributed by atoms with van der Waals surface area (Å²) in [5.41, 5.74) is 2.26. The highest BCUT2D eigenvalue weighted by molar-refractivity contribution is 7.84. The van der Waals surface area contributed by atoms with E-state index in [4.69, 9.17) is 4.18 Å². The van der Waals surface area contributed by atoms with Crippen molar-refractivity contribution in [3.63, 3.8) is 0 Å². The summed E-state index contributed by atoms with van der Waals surface area (Å²) in [5.74, 6) is 0. The van der Waals surface area contributed by atoms with Crippen molar-refractivity contribution in [1.29, 1.82) is 0 Å². The van der Waals surface area contributed by atoms with Gasteiger partial charge in [0.05, 0.1) is 6.04 Å². The van der Waals surface area contributed by atoms with E-state index >= 15 is 0 Å². The van der Waals surface area contributed by atoms with Gasteiger partial charge < -0.3 is 0 Å². The molecule has 0 spiro atoms. The van der Waals surface area contributed by atoms with Gasteiger partial charge in [-0.3, -0.25) is 4.18 Å². The molecule has 1 saturated heterocycles. The zero-order valence-corrected chi connectivity index (χ0v) is 9.07. The Hall–Kier alpha value is -0.910. The van der Waals surface area contributed by atoms with Crippen LogP contribution in [0.2, 0.25) is 0 Å². The predicted octanol–water partition coefficient (Wildman–Crippen LogP) is 0.859. The first kappa shape index (κ1) is 9.33. The van der Waals surface area contributed by atoms with Crippen LogP contribution in [0.3, 0.4) is 0 Å². The molecule has 3 rings (SSSR count). The molecule has 2 atom stereocenters. The highest BCUT2D eigenvalue weighted by Gasteiger charge is 2.49. The molecule has 1 aliphatic heterocycles. The van der Waals surface area contributed by atoms with E-state index in [2.05, 4.69) is 0 Å². The molecule has 2 aliphatic rings. The van der Waals surface area contributed by atoms with Crippen LogP contribution in [0.1, 0.15) is 17.2 Å². The van der Waals surface area contributed by atoms with Gasteiger partial charge in [0.1, 0.15) is 6.10 Å². The highest BCUT2D eigenvalue weighted by atomic mass is 32.2. The van der Waals surface area contributed by atoms with Gasteiger partial charge in [-0.05, 0) is 11.1 Å². The number of likely N-dealkylation sites (N-methyl/N-ethyl adjacent to an activating group) is 1. The van der Waals surface area contributed by atoms with Crippen molar-refractivity contribution >= 4 is 10.3 Å². The largest absolute Gasteiger partial charge is 0.339 e. The zero-order chi connectivity index (χ0) is 10.6. The molecule has 0 amide bonds. The monoisotopic (exact) mass is 225 g/mol. The van der Waals surface area contributed by atoms with E-state index in [1.165, 1.54) is 9.87 Å². The fourth-order valence-corrected chi connectivity index (χ4v) is 3.57. The lowest BCUT2D eigenvalue weighted by Gasteiger charge is -2.14. The number of hydrogen-bond acceptors (Lipinski definition) is 3. The van der Waals surface area contributed by atoms with Crippen molar-refractivity contribution in [2.75, 3.05) is 7.05 Å². The average molecular weight is 225 g/mol. The molecule has 0 saturated carbocycles. The molecule has 1 fully saturated rings. The molecule has 5 heteroatoms. The van der Waals surface area contributed by atoms with Crippen LogP contribution >= 0.6 is 0 Å². The molecular formula is C10H11NO3S. The Morgan fingerprint density at radius 2 is 2.13 bits per heavy atom. The third kappa shape index (κ3) is 1.17. The maximum absolute atomic E-state index is 11.5. The summed E-state index contributed by atoms with van der Waals surface area (Å²) in [5, 5.41) is 0. The lowest BCUT2D eigenvalue weighted by atomic mass is 10.1. The van der Waals surface area contributed by atoms with E-state index < -0.39 is 10.3 Å². The third-order valence-corrected chi connectivity index (χ3v) is 4.56. The summed E-state index contributed by atoms with van der Waals surface area (Å²) < 4.78 is 29.4. The smallest absolute Gasteiger partial charge is 0.252 e. The van der Waals surface area contributed by atoms with E-state index in [-0.39, 0.29) is 12.1 Å². The van der Waals surface area contributed by atoms with Gasteiger partial charge in [0, 0.05) is 13.5 Å². The first-order valence-corrected chi connectivity index (χ1v) is 6.20. The fourth-order valence-electron chi connectivity index (χ4n) is 2.42. The second-order valence-corrected chi connectivity index (χ2v) is 5.58. The van der Waals surface area contributed by atoms with Crippen LogP contribution < -0.4 is 0 Å². The lowest BCUT2D eigenvalue weighted by Crippen LogP contribution is -2.23. The molecule has 1 aromatic carbocycles. The van der Waals surface area contributed by atoms with Gasteiger partial charge in [0.15, 0.2) is 0 Å². The number of benzene rings is 1. The van der Waals surface area contributed by atoms with Gasteiger partial charge in [0.2, 0.25) is 0 Å². The fraction of sp³-hybridized carbons (Fsp3) is 0.400. The van der Waals surface area contributed by atoms with Crippen molar-refractivity contribution in [3.8, 4) is 0 Å². The van der Waals surface area contributed by atoms with Gasteiger partial charge in [0.25, 0.3) is 0 Å². The van der Waals surface area contributed by atoms with Crippen molar-refractivity contribution in [1.82, 2.24) is 4.31 Å².